The molecule has 0 spiro atoms. The summed E-state index contributed by atoms with van der Waals surface area (Å²) >= 11 is 0. The van der Waals surface area contributed by atoms with Gasteiger partial charge in [0.05, 0.1) is 0 Å². The molecular formula is C15H23NO. The van der Waals surface area contributed by atoms with Gasteiger partial charge in [0, 0.05) is 12.0 Å². The zero-order valence-electron chi connectivity index (χ0n) is 10.6. The zero-order valence-corrected chi connectivity index (χ0v) is 10.6. The van der Waals surface area contributed by atoms with E-state index in [1.807, 2.05) is 0 Å². The molecule has 2 nitrogen and oxygen atoms in total. The van der Waals surface area contributed by atoms with Crippen LogP contribution >= 0.6 is 0 Å². The second-order valence-corrected chi connectivity index (χ2v) is 7.11. The summed E-state index contributed by atoms with van der Waals surface area (Å²) in [5.41, 5.74) is 0.524. The van der Waals surface area contributed by atoms with Gasteiger partial charge in [0.1, 0.15) is 0 Å². The Morgan fingerprint density at radius 3 is 2.24 bits per heavy atom. The van der Waals surface area contributed by atoms with Crippen LogP contribution < -0.4 is 5.32 Å². The fraction of sp³-hybridized carbons (Fsp3) is 0.933. The minimum absolute atomic E-state index is 0.381. The summed E-state index contributed by atoms with van der Waals surface area (Å²) in [6.45, 7) is 0. The summed E-state index contributed by atoms with van der Waals surface area (Å²) in [5.74, 6) is 2.58. The maximum atomic E-state index is 12.1. The average Bonchev–Trinajstić information content (AvgIpc) is 3.25. The molecule has 94 valence electrons. The van der Waals surface area contributed by atoms with Crippen LogP contribution in [0.1, 0.15) is 57.8 Å². The first kappa shape index (κ1) is 10.4. The zero-order chi connectivity index (χ0) is 11.5. The Morgan fingerprint density at radius 2 is 1.76 bits per heavy atom. The number of carbonyl (C=O) groups excluding carboxylic acids is 1. The lowest BCUT2D eigenvalue weighted by Gasteiger charge is -2.37. The van der Waals surface area contributed by atoms with Crippen LogP contribution in [0.15, 0.2) is 0 Å². The van der Waals surface area contributed by atoms with Crippen molar-refractivity contribution in [2.24, 2.45) is 23.2 Å². The van der Waals surface area contributed by atoms with Gasteiger partial charge < -0.3 is 5.32 Å². The maximum Gasteiger partial charge on any atom is 0.223 e. The Labute approximate surface area is 104 Å². The van der Waals surface area contributed by atoms with Crippen molar-refractivity contribution in [3.8, 4) is 0 Å². The molecule has 1 amide bonds. The van der Waals surface area contributed by atoms with Gasteiger partial charge in [-0.3, -0.25) is 4.79 Å². The van der Waals surface area contributed by atoms with Crippen LogP contribution in [0, 0.1) is 23.2 Å². The standard InChI is InChI=1S/C15H23NO/c17-14(12-3-4-12)16-13(11-1-2-11)15-7-5-10(9-15)6-8-15/h10-13H,1-9H2,(H,16,17). The molecule has 4 fully saturated rings. The first-order valence-corrected chi connectivity index (χ1v) is 7.57. The molecule has 2 bridgehead atoms. The van der Waals surface area contributed by atoms with Gasteiger partial charge in [-0.1, -0.05) is 0 Å². The van der Waals surface area contributed by atoms with E-state index >= 15 is 0 Å². The molecule has 4 aliphatic carbocycles. The Balaban J connectivity index is 1.52. The van der Waals surface area contributed by atoms with Gasteiger partial charge in [0.2, 0.25) is 5.91 Å². The van der Waals surface area contributed by atoms with Crippen LogP contribution in [0.5, 0.6) is 0 Å². The van der Waals surface area contributed by atoms with Crippen molar-refractivity contribution in [3.05, 3.63) is 0 Å². The van der Waals surface area contributed by atoms with Crippen LogP contribution in [-0.4, -0.2) is 11.9 Å². The van der Waals surface area contributed by atoms with Gasteiger partial charge in [0.25, 0.3) is 0 Å². The van der Waals surface area contributed by atoms with E-state index in [0.29, 0.717) is 23.3 Å². The van der Waals surface area contributed by atoms with Gasteiger partial charge in [-0.25, -0.2) is 0 Å². The summed E-state index contributed by atoms with van der Waals surface area (Å²) in [7, 11) is 0. The summed E-state index contributed by atoms with van der Waals surface area (Å²) in [4.78, 5) is 12.1. The van der Waals surface area contributed by atoms with Crippen molar-refractivity contribution in [3.63, 3.8) is 0 Å². The van der Waals surface area contributed by atoms with Crippen LogP contribution in [0.25, 0.3) is 0 Å². The Bertz CT molecular complexity index is 335. The van der Waals surface area contributed by atoms with E-state index in [0.717, 1.165) is 24.7 Å². The number of fused-ring (bicyclic) bond motifs is 2. The minimum atomic E-state index is 0.381. The number of carbonyl (C=O) groups is 1. The molecule has 1 atom stereocenters. The van der Waals surface area contributed by atoms with Crippen molar-refractivity contribution in [1.29, 1.82) is 0 Å². The highest BCUT2D eigenvalue weighted by molar-refractivity contribution is 5.81. The van der Waals surface area contributed by atoms with Crippen LogP contribution in [0.2, 0.25) is 0 Å². The molecule has 0 aromatic rings. The summed E-state index contributed by atoms with van der Waals surface area (Å²) < 4.78 is 0. The summed E-state index contributed by atoms with van der Waals surface area (Å²) in [5, 5.41) is 3.46. The van der Waals surface area contributed by atoms with Crippen molar-refractivity contribution < 1.29 is 4.79 Å². The smallest absolute Gasteiger partial charge is 0.223 e. The largest absolute Gasteiger partial charge is 0.352 e. The highest BCUT2D eigenvalue weighted by Crippen LogP contribution is 2.59. The van der Waals surface area contributed by atoms with Gasteiger partial charge in [-0.05, 0) is 75.0 Å². The highest BCUT2D eigenvalue weighted by Gasteiger charge is 2.54. The molecule has 0 heterocycles. The monoisotopic (exact) mass is 233 g/mol. The van der Waals surface area contributed by atoms with E-state index in [-0.39, 0.29) is 0 Å². The Kier molecular flexibility index (Phi) is 2.13. The van der Waals surface area contributed by atoms with E-state index in [1.54, 1.807) is 0 Å². The number of rotatable bonds is 4. The summed E-state index contributed by atoms with van der Waals surface area (Å²) in [6.07, 6.45) is 12.1. The summed E-state index contributed by atoms with van der Waals surface area (Å²) in [6, 6.07) is 0.545. The fourth-order valence-electron chi connectivity index (χ4n) is 4.49. The lowest BCUT2D eigenvalue weighted by molar-refractivity contribution is -0.124. The normalized spacial score (nSPS) is 41.5. The number of hydrogen-bond donors (Lipinski definition) is 1. The second-order valence-electron chi connectivity index (χ2n) is 7.11. The molecule has 0 aliphatic heterocycles. The molecule has 4 rings (SSSR count). The van der Waals surface area contributed by atoms with Crippen molar-refractivity contribution in [2.45, 2.75) is 63.8 Å². The van der Waals surface area contributed by atoms with Gasteiger partial charge >= 0.3 is 0 Å². The SMILES string of the molecule is O=C(NC(C1CC1)C12CCC(CC1)C2)C1CC1. The highest BCUT2D eigenvalue weighted by atomic mass is 16.2. The quantitative estimate of drug-likeness (QED) is 0.795. The lowest BCUT2D eigenvalue weighted by Crippen LogP contribution is -2.48. The van der Waals surface area contributed by atoms with E-state index < -0.39 is 0 Å². The van der Waals surface area contributed by atoms with Gasteiger partial charge in [-0.15, -0.1) is 0 Å². The minimum Gasteiger partial charge on any atom is -0.352 e. The third-order valence-electron chi connectivity index (χ3n) is 5.80. The first-order valence-electron chi connectivity index (χ1n) is 7.57. The number of hydrogen-bond acceptors (Lipinski definition) is 1. The second kappa shape index (κ2) is 3.49. The molecule has 0 saturated heterocycles. The molecule has 4 aliphatic rings. The molecular weight excluding hydrogens is 210 g/mol. The third-order valence-corrected chi connectivity index (χ3v) is 5.80. The molecule has 0 radical (unpaired) electrons. The third kappa shape index (κ3) is 1.71. The molecule has 0 aromatic heterocycles. The van der Waals surface area contributed by atoms with E-state index in [2.05, 4.69) is 5.32 Å². The predicted molar refractivity (Wildman–Crippen MR) is 66.4 cm³/mol. The predicted octanol–water partition coefficient (Wildman–Crippen LogP) is 2.87. The maximum absolute atomic E-state index is 12.1. The van der Waals surface area contributed by atoms with Crippen molar-refractivity contribution >= 4 is 5.91 Å². The molecule has 1 N–H and O–H groups in total. The van der Waals surface area contributed by atoms with Crippen LogP contribution in [0.3, 0.4) is 0 Å². The average molecular weight is 233 g/mol. The number of amides is 1. The van der Waals surface area contributed by atoms with E-state index in [1.165, 1.54) is 44.9 Å². The van der Waals surface area contributed by atoms with E-state index in [9.17, 15) is 4.79 Å². The molecule has 2 heteroatoms. The van der Waals surface area contributed by atoms with Crippen LogP contribution in [0.4, 0.5) is 0 Å². The van der Waals surface area contributed by atoms with E-state index in [4.69, 9.17) is 0 Å². The van der Waals surface area contributed by atoms with Crippen molar-refractivity contribution in [2.75, 3.05) is 0 Å². The van der Waals surface area contributed by atoms with Crippen molar-refractivity contribution in [1.82, 2.24) is 5.32 Å². The lowest BCUT2D eigenvalue weighted by atomic mass is 9.75. The Hall–Kier alpha value is -0.530. The first-order chi connectivity index (χ1) is 8.27. The van der Waals surface area contributed by atoms with Gasteiger partial charge in [0.15, 0.2) is 0 Å². The topological polar surface area (TPSA) is 29.1 Å². The number of nitrogens with one attached hydrogen (secondary N) is 1. The molecule has 17 heavy (non-hydrogen) atoms. The Morgan fingerprint density at radius 1 is 1.06 bits per heavy atom. The van der Waals surface area contributed by atoms with Crippen LogP contribution in [-0.2, 0) is 4.79 Å². The fourth-order valence-corrected chi connectivity index (χ4v) is 4.49. The molecule has 4 saturated carbocycles. The molecule has 0 aromatic carbocycles. The molecule has 1 unspecified atom stereocenters. The van der Waals surface area contributed by atoms with Gasteiger partial charge in [-0.2, -0.15) is 0 Å².